The second-order valence-electron chi connectivity index (χ2n) is 7.04. The van der Waals surface area contributed by atoms with Gasteiger partial charge in [-0.15, -0.1) is 0 Å². The topological polar surface area (TPSA) is 59.0 Å². The standard InChI is InChI=1S/C21H27NO4/c1-21(2,3)26-20(24)22(13-8-14-23)16-17-9-7-12-19(15-17)25-18-10-5-4-6-11-18/h4-7,9-12,15,23H,8,13-14,16H2,1-3H3. The molecule has 0 atom stereocenters. The Kier molecular flexibility index (Phi) is 7.04. The van der Waals surface area contributed by atoms with E-state index in [4.69, 9.17) is 14.6 Å². The largest absolute Gasteiger partial charge is 0.457 e. The maximum Gasteiger partial charge on any atom is 0.410 e. The minimum absolute atomic E-state index is 0.0243. The Balaban J connectivity index is 2.09. The molecule has 1 amide bonds. The molecule has 0 aliphatic carbocycles. The number of carbonyl (C=O) groups excluding carboxylic acids is 1. The SMILES string of the molecule is CC(C)(C)OC(=O)N(CCCO)Cc1cccc(Oc2ccccc2)c1. The summed E-state index contributed by atoms with van der Waals surface area (Å²) in [6, 6.07) is 17.2. The Morgan fingerprint density at radius 3 is 2.38 bits per heavy atom. The zero-order chi connectivity index (χ0) is 19.0. The van der Waals surface area contributed by atoms with Crippen LogP contribution in [0.4, 0.5) is 4.79 Å². The van der Waals surface area contributed by atoms with Crippen LogP contribution in [0.2, 0.25) is 0 Å². The van der Waals surface area contributed by atoms with Crippen molar-refractivity contribution in [2.24, 2.45) is 0 Å². The Morgan fingerprint density at radius 2 is 1.73 bits per heavy atom. The number of hydrogen-bond acceptors (Lipinski definition) is 4. The van der Waals surface area contributed by atoms with Gasteiger partial charge in [0.2, 0.25) is 0 Å². The van der Waals surface area contributed by atoms with Crippen LogP contribution in [0.5, 0.6) is 11.5 Å². The van der Waals surface area contributed by atoms with E-state index in [2.05, 4.69) is 0 Å². The van der Waals surface area contributed by atoms with Gasteiger partial charge in [-0.1, -0.05) is 30.3 Å². The number of benzene rings is 2. The second kappa shape index (κ2) is 9.25. The highest BCUT2D eigenvalue weighted by atomic mass is 16.6. The zero-order valence-corrected chi connectivity index (χ0v) is 15.6. The maximum atomic E-state index is 12.4. The van der Waals surface area contributed by atoms with E-state index in [9.17, 15) is 4.79 Å². The van der Waals surface area contributed by atoms with Crippen LogP contribution in [0, 0.1) is 0 Å². The lowest BCUT2D eigenvalue weighted by Gasteiger charge is -2.27. The molecular weight excluding hydrogens is 330 g/mol. The van der Waals surface area contributed by atoms with Gasteiger partial charge in [0, 0.05) is 19.7 Å². The fourth-order valence-electron chi connectivity index (χ4n) is 2.38. The molecule has 0 aromatic heterocycles. The highest BCUT2D eigenvalue weighted by molar-refractivity contribution is 5.68. The zero-order valence-electron chi connectivity index (χ0n) is 15.6. The molecule has 0 bridgehead atoms. The first kappa shape index (κ1) is 19.8. The molecule has 5 heteroatoms. The first-order chi connectivity index (χ1) is 12.4. The Bertz CT molecular complexity index is 695. The van der Waals surface area contributed by atoms with Crippen LogP contribution in [0.3, 0.4) is 0 Å². The van der Waals surface area contributed by atoms with Crippen molar-refractivity contribution >= 4 is 6.09 Å². The van der Waals surface area contributed by atoms with Gasteiger partial charge in [-0.3, -0.25) is 0 Å². The van der Waals surface area contributed by atoms with Gasteiger partial charge in [0.15, 0.2) is 0 Å². The molecule has 0 spiro atoms. The van der Waals surface area contributed by atoms with Crippen LogP contribution in [0.1, 0.15) is 32.8 Å². The molecule has 0 saturated heterocycles. The number of para-hydroxylation sites is 1. The fraction of sp³-hybridized carbons (Fsp3) is 0.381. The molecule has 2 rings (SSSR count). The molecule has 26 heavy (non-hydrogen) atoms. The van der Waals surface area contributed by atoms with Gasteiger partial charge in [0.1, 0.15) is 17.1 Å². The summed E-state index contributed by atoms with van der Waals surface area (Å²) in [5, 5.41) is 9.11. The van der Waals surface area contributed by atoms with E-state index in [-0.39, 0.29) is 12.7 Å². The van der Waals surface area contributed by atoms with Crippen LogP contribution in [-0.4, -0.2) is 34.9 Å². The second-order valence-corrected chi connectivity index (χ2v) is 7.04. The predicted octanol–water partition coefficient (Wildman–Crippen LogP) is 4.60. The third-order valence-corrected chi connectivity index (χ3v) is 3.49. The van der Waals surface area contributed by atoms with Crippen molar-refractivity contribution in [2.75, 3.05) is 13.2 Å². The number of aliphatic hydroxyl groups is 1. The molecule has 0 heterocycles. The molecule has 0 saturated carbocycles. The molecule has 0 unspecified atom stereocenters. The summed E-state index contributed by atoms with van der Waals surface area (Å²) in [5.41, 5.74) is 0.370. The number of amides is 1. The van der Waals surface area contributed by atoms with Gasteiger partial charge >= 0.3 is 6.09 Å². The number of hydrogen-bond donors (Lipinski definition) is 1. The monoisotopic (exact) mass is 357 g/mol. The summed E-state index contributed by atoms with van der Waals surface area (Å²) < 4.78 is 11.3. The van der Waals surface area contributed by atoms with E-state index in [1.165, 1.54) is 0 Å². The highest BCUT2D eigenvalue weighted by Crippen LogP contribution is 2.23. The summed E-state index contributed by atoms with van der Waals surface area (Å²) in [5.74, 6) is 1.47. The summed E-state index contributed by atoms with van der Waals surface area (Å²) in [4.78, 5) is 14.0. The first-order valence-corrected chi connectivity index (χ1v) is 8.78. The quantitative estimate of drug-likeness (QED) is 0.787. The van der Waals surface area contributed by atoms with E-state index in [0.29, 0.717) is 25.3 Å². The van der Waals surface area contributed by atoms with Gasteiger partial charge in [0.05, 0.1) is 0 Å². The summed E-state index contributed by atoms with van der Waals surface area (Å²) >= 11 is 0. The summed E-state index contributed by atoms with van der Waals surface area (Å²) in [7, 11) is 0. The van der Waals surface area contributed by atoms with Crippen molar-refractivity contribution in [3.05, 3.63) is 60.2 Å². The Labute approximate surface area is 155 Å². The van der Waals surface area contributed by atoms with Crippen molar-refractivity contribution in [1.29, 1.82) is 0 Å². The third-order valence-electron chi connectivity index (χ3n) is 3.49. The van der Waals surface area contributed by atoms with Crippen LogP contribution >= 0.6 is 0 Å². The van der Waals surface area contributed by atoms with Crippen molar-refractivity contribution in [2.45, 2.75) is 39.3 Å². The van der Waals surface area contributed by atoms with Gasteiger partial charge in [-0.2, -0.15) is 0 Å². The number of rotatable bonds is 7. The average Bonchev–Trinajstić information content (AvgIpc) is 2.58. The Hall–Kier alpha value is -2.53. The molecule has 0 aliphatic rings. The maximum absolute atomic E-state index is 12.4. The lowest BCUT2D eigenvalue weighted by molar-refractivity contribution is 0.0223. The van der Waals surface area contributed by atoms with Crippen molar-refractivity contribution in [3.8, 4) is 11.5 Å². The number of ether oxygens (including phenoxy) is 2. The van der Waals surface area contributed by atoms with Crippen LogP contribution in [0.25, 0.3) is 0 Å². The van der Waals surface area contributed by atoms with Crippen LogP contribution < -0.4 is 4.74 Å². The molecule has 1 N–H and O–H groups in total. The molecule has 2 aromatic rings. The number of nitrogens with zero attached hydrogens (tertiary/aromatic N) is 1. The molecule has 5 nitrogen and oxygen atoms in total. The summed E-state index contributed by atoms with van der Waals surface area (Å²) in [6.45, 7) is 6.35. The molecule has 140 valence electrons. The molecule has 0 aliphatic heterocycles. The van der Waals surface area contributed by atoms with Gasteiger partial charge < -0.3 is 19.5 Å². The molecule has 2 aromatic carbocycles. The third kappa shape index (κ3) is 6.76. The lowest BCUT2D eigenvalue weighted by atomic mass is 10.2. The lowest BCUT2D eigenvalue weighted by Crippen LogP contribution is -2.37. The van der Waals surface area contributed by atoms with Gasteiger partial charge in [0.25, 0.3) is 0 Å². The first-order valence-electron chi connectivity index (χ1n) is 8.78. The number of carbonyl (C=O) groups is 1. The van der Waals surface area contributed by atoms with E-state index < -0.39 is 5.60 Å². The van der Waals surface area contributed by atoms with Crippen molar-refractivity contribution in [3.63, 3.8) is 0 Å². The van der Waals surface area contributed by atoms with E-state index >= 15 is 0 Å². The Morgan fingerprint density at radius 1 is 1.04 bits per heavy atom. The van der Waals surface area contributed by atoms with Crippen LogP contribution in [0.15, 0.2) is 54.6 Å². The number of aliphatic hydroxyl groups excluding tert-OH is 1. The van der Waals surface area contributed by atoms with Gasteiger partial charge in [-0.05, 0) is 57.0 Å². The molecule has 0 radical (unpaired) electrons. The van der Waals surface area contributed by atoms with E-state index in [1.54, 1.807) is 4.90 Å². The predicted molar refractivity (Wildman–Crippen MR) is 101 cm³/mol. The normalized spacial score (nSPS) is 11.1. The average molecular weight is 357 g/mol. The highest BCUT2D eigenvalue weighted by Gasteiger charge is 2.22. The smallest absolute Gasteiger partial charge is 0.410 e. The van der Waals surface area contributed by atoms with E-state index in [1.807, 2.05) is 75.4 Å². The summed E-state index contributed by atoms with van der Waals surface area (Å²) in [6.07, 6.45) is 0.111. The minimum atomic E-state index is -0.563. The molecule has 0 fully saturated rings. The fourth-order valence-corrected chi connectivity index (χ4v) is 2.38. The van der Waals surface area contributed by atoms with Crippen molar-refractivity contribution < 1.29 is 19.4 Å². The molecular formula is C21H27NO4. The van der Waals surface area contributed by atoms with Crippen LogP contribution in [-0.2, 0) is 11.3 Å². The van der Waals surface area contributed by atoms with E-state index in [0.717, 1.165) is 11.3 Å². The van der Waals surface area contributed by atoms with Crippen molar-refractivity contribution in [1.82, 2.24) is 4.90 Å². The minimum Gasteiger partial charge on any atom is -0.457 e. The van der Waals surface area contributed by atoms with Gasteiger partial charge in [-0.25, -0.2) is 4.79 Å².